The number of benzene rings is 1. The number of rotatable bonds is 4. The number of nitrogens with zero attached hydrogens (tertiary/aromatic N) is 2. The van der Waals surface area contributed by atoms with Gasteiger partial charge in [-0.25, -0.2) is 4.98 Å². The number of piperidine rings is 1. The molecule has 2 heterocycles. The summed E-state index contributed by atoms with van der Waals surface area (Å²) in [5.74, 6) is -0.196. The van der Waals surface area contributed by atoms with Gasteiger partial charge in [0, 0.05) is 13.1 Å². The van der Waals surface area contributed by atoms with Crippen LogP contribution in [0.1, 0.15) is 35.4 Å². The minimum atomic E-state index is -0.196. The molecule has 1 aliphatic rings. The Kier molecular flexibility index (Phi) is 4.71. The van der Waals surface area contributed by atoms with Crippen molar-refractivity contribution in [3.05, 3.63) is 60.4 Å². The van der Waals surface area contributed by atoms with Gasteiger partial charge in [0.15, 0.2) is 0 Å². The summed E-state index contributed by atoms with van der Waals surface area (Å²) < 4.78 is 0. The van der Waals surface area contributed by atoms with Gasteiger partial charge >= 0.3 is 0 Å². The van der Waals surface area contributed by atoms with Gasteiger partial charge in [0.1, 0.15) is 5.69 Å². The Labute approximate surface area is 136 Å². The van der Waals surface area contributed by atoms with Crippen molar-refractivity contribution in [1.29, 1.82) is 0 Å². The lowest BCUT2D eigenvalue weighted by Crippen LogP contribution is -2.30. The van der Waals surface area contributed by atoms with E-state index in [9.17, 15) is 4.79 Å². The molecule has 118 valence electrons. The fourth-order valence-electron chi connectivity index (χ4n) is 2.87. The minimum Gasteiger partial charge on any atom is -0.370 e. The van der Waals surface area contributed by atoms with Crippen molar-refractivity contribution >= 4 is 23.4 Å². The van der Waals surface area contributed by atoms with Crippen LogP contribution in [0.25, 0.3) is 6.08 Å². The molecular weight excluding hydrogens is 286 g/mol. The summed E-state index contributed by atoms with van der Waals surface area (Å²) >= 11 is 0. The van der Waals surface area contributed by atoms with Gasteiger partial charge in [-0.3, -0.25) is 4.79 Å². The Hall–Kier alpha value is -2.62. The van der Waals surface area contributed by atoms with Gasteiger partial charge in [0.2, 0.25) is 0 Å². The summed E-state index contributed by atoms with van der Waals surface area (Å²) in [6.07, 6.45) is 5.32. The largest absolute Gasteiger partial charge is 0.370 e. The van der Waals surface area contributed by atoms with Crippen LogP contribution in [0.4, 0.5) is 11.4 Å². The van der Waals surface area contributed by atoms with Crippen molar-refractivity contribution in [3.63, 3.8) is 0 Å². The Balaban J connectivity index is 1.81. The van der Waals surface area contributed by atoms with E-state index in [1.165, 1.54) is 19.3 Å². The first kappa shape index (κ1) is 15.3. The summed E-state index contributed by atoms with van der Waals surface area (Å²) in [5.41, 5.74) is 3.02. The monoisotopic (exact) mass is 307 g/mol. The number of anilines is 2. The summed E-state index contributed by atoms with van der Waals surface area (Å²) in [4.78, 5) is 19.1. The third kappa shape index (κ3) is 3.59. The first-order valence-corrected chi connectivity index (χ1v) is 8.03. The molecule has 1 amide bonds. The van der Waals surface area contributed by atoms with E-state index in [0.717, 1.165) is 24.5 Å². The van der Waals surface area contributed by atoms with E-state index in [-0.39, 0.29) is 5.91 Å². The van der Waals surface area contributed by atoms with E-state index in [4.69, 9.17) is 0 Å². The summed E-state index contributed by atoms with van der Waals surface area (Å²) in [7, 11) is 0. The van der Waals surface area contributed by atoms with Crippen molar-refractivity contribution in [2.24, 2.45) is 0 Å². The van der Waals surface area contributed by atoms with Crippen molar-refractivity contribution in [2.45, 2.75) is 19.3 Å². The molecule has 4 heteroatoms. The van der Waals surface area contributed by atoms with Gasteiger partial charge in [-0.1, -0.05) is 24.8 Å². The Bertz CT molecular complexity index is 705. The molecule has 1 aliphatic heterocycles. The van der Waals surface area contributed by atoms with E-state index in [1.807, 2.05) is 30.3 Å². The van der Waals surface area contributed by atoms with Gasteiger partial charge in [0.25, 0.3) is 5.91 Å². The number of aromatic nitrogens is 1. The number of para-hydroxylation sites is 2. The summed E-state index contributed by atoms with van der Waals surface area (Å²) in [5, 5.41) is 3.00. The van der Waals surface area contributed by atoms with E-state index in [2.05, 4.69) is 27.8 Å². The molecule has 1 fully saturated rings. The molecule has 0 spiro atoms. The highest BCUT2D eigenvalue weighted by molar-refractivity contribution is 6.04. The summed E-state index contributed by atoms with van der Waals surface area (Å²) in [6.45, 7) is 5.77. The van der Waals surface area contributed by atoms with Crippen LogP contribution in [0.15, 0.2) is 49.0 Å². The first-order chi connectivity index (χ1) is 11.3. The van der Waals surface area contributed by atoms with Gasteiger partial charge in [-0.2, -0.15) is 0 Å². The summed E-state index contributed by atoms with van der Waals surface area (Å²) in [6, 6.07) is 13.3. The number of carbonyl (C=O) groups excluding carboxylic acids is 1. The Morgan fingerprint density at radius 1 is 1.09 bits per heavy atom. The maximum atomic E-state index is 12.5. The lowest BCUT2D eigenvalue weighted by molar-refractivity contribution is 0.102. The van der Waals surface area contributed by atoms with E-state index in [0.29, 0.717) is 11.4 Å². The Morgan fingerprint density at radius 2 is 1.87 bits per heavy atom. The molecule has 1 aromatic heterocycles. The zero-order chi connectivity index (χ0) is 16.1. The van der Waals surface area contributed by atoms with Crippen LogP contribution in [0, 0.1) is 0 Å². The molecule has 2 aromatic rings. The standard InChI is InChI=1S/C19H21N3O/c1-2-15-9-8-11-17(20-15)19(23)21-16-10-4-5-12-18(16)22-13-6-3-7-14-22/h2,4-5,8-12H,1,3,6-7,13-14H2,(H,21,23). The molecule has 1 saturated heterocycles. The van der Waals surface area contributed by atoms with Crippen molar-refractivity contribution in [1.82, 2.24) is 4.98 Å². The second-order valence-corrected chi connectivity index (χ2v) is 5.67. The van der Waals surface area contributed by atoms with Crippen LogP contribution in [-0.4, -0.2) is 24.0 Å². The quantitative estimate of drug-likeness (QED) is 0.929. The fraction of sp³-hybridized carbons (Fsp3) is 0.263. The van der Waals surface area contributed by atoms with Gasteiger partial charge in [0.05, 0.1) is 17.1 Å². The second kappa shape index (κ2) is 7.09. The second-order valence-electron chi connectivity index (χ2n) is 5.67. The molecule has 3 rings (SSSR count). The maximum Gasteiger partial charge on any atom is 0.274 e. The van der Waals surface area contributed by atoms with Crippen molar-refractivity contribution in [2.75, 3.05) is 23.3 Å². The average molecular weight is 307 g/mol. The van der Waals surface area contributed by atoms with Crippen molar-refractivity contribution in [3.8, 4) is 0 Å². The number of amides is 1. The lowest BCUT2D eigenvalue weighted by Gasteiger charge is -2.30. The number of hydrogen-bond acceptors (Lipinski definition) is 3. The fourth-order valence-corrected chi connectivity index (χ4v) is 2.87. The van der Waals surface area contributed by atoms with E-state index < -0.39 is 0 Å². The molecule has 4 nitrogen and oxygen atoms in total. The smallest absolute Gasteiger partial charge is 0.274 e. The molecule has 0 atom stereocenters. The molecule has 23 heavy (non-hydrogen) atoms. The van der Waals surface area contributed by atoms with Gasteiger partial charge < -0.3 is 10.2 Å². The first-order valence-electron chi connectivity index (χ1n) is 8.03. The molecule has 0 radical (unpaired) electrons. The van der Waals surface area contributed by atoms with Gasteiger partial charge in [-0.15, -0.1) is 0 Å². The Morgan fingerprint density at radius 3 is 2.65 bits per heavy atom. The molecule has 0 bridgehead atoms. The molecule has 1 N–H and O–H groups in total. The third-order valence-electron chi connectivity index (χ3n) is 4.06. The van der Waals surface area contributed by atoms with E-state index >= 15 is 0 Å². The van der Waals surface area contributed by atoms with Crippen molar-refractivity contribution < 1.29 is 4.79 Å². The zero-order valence-corrected chi connectivity index (χ0v) is 13.2. The topological polar surface area (TPSA) is 45.2 Å². The normalized spacial score (nSPS) is 14.3. The lowest BCUT2D eigenvalue weighted by atomic mass is 10.1. The number of carbonyl (C=O) groups is 1. The van der Waals surface area contributed by atoms with Crippen LogP contribution in [0.3, 0.4) is 0 Å². The third-order valence-corrected chi connectivity index (χ3v) is 4.06. The van der Waals surface area contributed by atoms with Crippen LogP contribution in [-0.2, 0) is 0 Å². The highest BCUT2D eigenvalue weighted by Crippen LogP contribution is 2.28. The average Bonchev–Trinajstić information content (AvgIpc) is 2.63. The van der Waals surface area contributed by atoms with Crippen LogP contribution in [0.5, 0.6) is 0 Å². The molecule has 1 aromatic carbocycles. The number of pyridine rings is 1. The zero-order valence-electron chi connectivity index (χ0n) is 13.2. The highest BCUT2D eigenvalue weighted by Gasteiger charge is 2.16. The molecule has 0 saturated carbocycles. The molecule has 0 unspecified atom stereocenters. The van der Waals surface area contributed by atoms with Crippen LogP contribution >= 0.6 is 0 Å². The van der Waals surface area contributed by atoms with Crippen LogP contribution < -0.4 is 10.2 Å². The number of hydrogen-bond donors (Lipinski definition) is 1. The minimum absolute atomic E-state index is 0.196. The SMILES string of the molecule is C=Cc1cccc(C(=O)Nc2ccccc2N2CCCCC2)n1. The molecular formula is C19H21N3O. The predicted molar refractivity (Wildman–Crippen MR) is 94.8 cm³/mol. The number of nitrogens with one attached hydrogen (secondary N) is 1. The molecule has 0 aliphatic carbocycles. The predicted octanol–water partition coefficient (Wildman–Crippen LogP) is 3.97. The maximum absolute atomic E-state index is 12.5. The van der Waals surface area contributed by atoms with Crippen LogP contribution in [0.2, 0.25) is 0 Å². The highest BCUT2D eigenvalue weighted by atomic mass is 16.1. The van der Waals surface area contributed by atoms with E-state index in [1.54, 1.807) is 12.1 Å². The van der Waals surface area contributed by atoms with Gasteiger partial charge in [-0.05, 0) is 49.6 Å².